The first kappa shape index (κ1) is 11.3. The summed E-state index contributed by atoms with van der Waals surface area (Å²) in [4.78, 5) is 0. The Hall–Kier alpha value is 0.150. The van der Waals surface area contributed by atoms with E-state index in [2.05, 4.69) is 0 Å². The van der Waals surface area contributed by atoms with Gasteiger partial charge in [0.2, 0.25) is 0 Å². The lowest BCUT2D eigenvalue weighted by Gasteiger charge is -2.39. The Morgan fingerprint density at radius 2 is 1.88 bits per heavy atom. The molecule has 2 unspecified atom stereocenters. The zero-order chi connectivity index (χ0) is 11.2. The molecule has 92 valence electrons. The summed E-state index contributed by atoms with van der Waals surface area (Å²) in [6.45, 7) is 1.64. The topological polar surface area (TPSA) is 35.5 Å². The average molecular weight is 244 g/mol. The maximum Gasteiger partial charge on any atom is 0.328 e. The van der Waals surface area contributed by atoms with E-state index in [1.54, 1.807) is 6.66 Å². The first-order chi connectivity index (χ1) is 7.59. The Balaban J connectivity index is 1.72. The van der Waals surface area contributed by atoms with Crippen molar-refractivity contribution < 1.29 is 13.6 Å². The Bertz CT molecular complexity index is 318. The van der Waals surface area contributed by atoms with Crippen LogP contribution in [0.3, 0.4) is 0 Å². The third-order valence-corrected chi connectivity index (χ3v) is 5.62. The van der Waals surface area contributed by atoms with Crippen LogP contribution in [0.2, 0.25) is 0 Å². The lowest BCUT2D eigenvalue weighted by Crippen LogP contribution is -2.35. The first-order valence-electron chi connectivity index (χ1n) is 6.55. The van der Waals surface area contributed by atoms with Gasteiger partial charge in [-0.3, -0.25) is 4.57 Å². The van der Waals surface area contributed by atoms with Crippen molar-refractivity contribution in [1.29, 1.82) is 0 Å². The molecule has 3 aliphatic rings. The van der Waals surface area contributed by atoms with Crippen molar-refractivity contribution in [1.82, 2.24) is 0 Å². The fraction of sp³-hybridized carbons (Fsp3) is 1.00. The molecule has 0 radical (unpaired) electrons. The van der Waals surface area contributed by atoms with Gasteiger partial charge in [-0.2, -0.15) is 0 Å². The summed E-state index contributed by atoms with van der Waals surface area (Å²) in [5.74, 6) is 0.628. The van der Waals surface area contributed by atoms with E-state index in [9.17, 15) is 4.57 Å². The van der Waals surface area contributed by atoms with Crippen molar-refractivity contribution in [3.8, 4) is 0 Å². The molecule has 2 saturated carbocycles. The van der Waals surface area contributed by atoms with Crippen LogP contribution in [0, 0.1) is 5.92 Å². The van der Waals surface area contributed by atoms with E-state index < -0.39 is 7.60 Å². The highest BCUT2D eigenvalue weighted by atomic mass is 31.2. The van der Waals surface area contributed by atoms with E-state index in [1.165, 1.54) is 32.1 Å². The molecule has 1 saturated heterocycles. The molecule has 1 heterocycles. The fourth-order valence-corrected chi connectivity index (χ4v) is 5.00. The highest BCUT2D eigenvalue weighted by Crippen LogP contribution is 2.63. The lowest BCUT2D eigenvalue weighted by atomic mass is 9.83. The minimum Gasteiger partial charge on any atom is -0.305 e. The molecule has 0 amide bonds. The third-order valence-electron chi connectivity index (χ3n) is 4.24. The largest absolute Gasteiger partial charge is 0.328 e. The molecular formula is C12H21O3P. The number of rotatable bonds is 1. The van der Waals surface area contributed by atoms with Gasteiger partial charge in [-0.1, -0.05) is 19.3 Å². The maximum absolute atomic E-state index is 12.1. The Morgan fingerprint density at radius 3 is 2.50 bits per heavy atom. The standard InChI is InChI=1S/C12H21O3P/c1-16(13)14-11(9-12(15-16)7-8-12)10-5-3-2-4-6-10/h10-11H,2-9H2,1H3. The van der Waals surface area contributed by atoms with Crippen molar-refractivity contribution in [2.45, 2.75) is 63.1 Å². The van der Waals surface area contributed by atoms with Crippen LogP contribution in [-0.4, -0.2) is 18.4 Å². The van der Waals surface area contributed by atoms with Crippen LogP contribution < -0.4 is 0 Å². The smallest absolute Gasteiger partial charge is 0.305 e. The molecule has 1 spiro atoms. The van der Waals surface area contributed by atoms with E-state index in [0.717, 1.165) is 19.3 Å². The second-order valence-corrected chi connectivity index (χ2v) is 7.73. The van der Waals surface area contributed by atoms with Gasteiger partial charge in [0.15, 0.2) is 0 Å². The van der Waals surface area contributed by atoms with Gasteiger partial charge in [0, 0.05) is 13.1 Å². The minimum atomic E-state index is -2.77. The van der Waals surface area contributed by atoms with Crippen molar-refractivity contribution in [3.05, 3.63) is 0 Å². The quantitative estimate of drug-likeness (QED) is 0.659. The normalized spacial score (nSPS) is 43.4. The van der Waals surface area contributed by atoms with Crippen molar-refractivity contribution >= 4 is 7.60 Å². The predicted octanol–water partition coefficient (Wildman–Crippen LogP) is 3.73. The molecule has 0 aromatic rings. The molecule has 3 rings (SSSR count). The average Bonchev–Trinajstić information content (AvgIpc) is 2.96. The molecule has 3 nitrogen and oxygen atoms in total. The monoisotopic (exact) mass is 244 g/mol. The second-order valence-electron chi connectivity index (χ2n) is 5.79. The molecule has 0 N–H and O–H groups in total. The molecule has 0 aromatic carbocycles. The van der Waals surface area contributed by atoms with Gasteiger partial charge in [0.25, 0.3) is 0 Å². The van der Waals surface area contributed by atoms with E-state index in [1.807, 2.05) is 0 Å². The van der Waals surface area contributed by atoms with Gasteiger partial charge in [0.1, 0.15) is 0 Å². The predicted molar refractivity (Wildman–Crippen MR) is 62.6 cm³/mol. The minimum absolute atomic E-state index is 0.0510. The van der Waals surface area contributed by atoms with Crippen LogP contribution in [0.25, 0.3) is 0 Å². The zero-order valence-electron chi connectivity index (χ0n) is 9.98. The first-order valence-corrected chi connectivity index (χ1v) is 8.54. The molecule has 16 heavy (non-hydrogen) atoms. The lowest BCUT2D eigenvalue weighted by molar-refractivity contribution is -0.0152. The third kappa shape index (κ3) is 2.23. The Kier molecular flexibility index (Phi) is 2.69. The van der Waals surface area contributed by atoms with Crippen molar-refractivity contribution in [3.63, 3.8) is 0 Å². The van der Waals surface area contributed by atoms with Gasteiger partial charge in [-0.05, 0) is 31.6 Å². The van der Waals surface area contributed by atoms with Crippen LogP contribution in [0.15, 0.2) is 0 Å². The van der Waals surface area contributed by atoms with Crippen LogP contribution in [-0.2, 0) is 13.6 Å². The SMILES string of the molecule is CP1(=O)OC(C2CCCCC2)CC2(CC2)O1. The molecule has 2 aliphatic carbocycles. The number of hydrogen-bond donors (Lipinski definition) is 0. The van der Waals surface area contributed by atoms with E-state index >= 15 is 0 Å². The van der Waals surface area contributed by atoms with E-state index in [0.29, 0.717) is 5.92 Å². The summed E-state index contributed by atoms with van der Waals surface area (Å²) in [7, 11) is -2.77. The zero-order valence-corrected chi connectivity index (χ0v) is 10.9. The molecule has 4 heteroatoms. The molecule has 0 aromatic heterocycles. The summed E-state index contributed by atoms with van der Waals surface area (Å²) in [5.41, 5.74) is -0.0510. The van der Waals surface area contributed by atoms with Crippen LogP contribution >= 0.6 is 7.60 Å². The van der Waals surface area contributed by atoms with Gasteiger partial charge in [-0.25, -0.2) is 0 Å². The summed E-state index contributed by atoms with van der Waals surface area (Å²) >= 11 is 0. The van der Waals surface area contributed by atoms with Gasteiger partial charge >= 0.3 is 7.60 Å². The van der Waals surface area contributed by atoms with Crippen LogP contribution in [0.5, 0.6) is 0 Å². The number of hydrogen-bond acceptors (Lipinski definition) is 3. The summed E-state index contributed by atoms with van der Waals surface area (Å²) < 4.78 is 23.4. The second kappa shape index (κ2) is 3.83. The van der Waals surface area contributed by atoms with Gasteiger partial charge < -0.3 is 9.05 Å². The van der Waals surface area contributed by atoms with Gasteiger partial charge in [0.05, 0.1) is 11.7 Å². The highest BCUT2D eigenvalue weighted by Gasteiger charge is 2.55. The maximum atomic E-state index is 12.1. The Morgan fingerprint density at radius 1 is 1.19 bits per heavy atom. The summed E-state index contributed by atoms with van der Waals surface area (Å²) in [6, 6.07) is 0. The Labute approximate surface area is 97.4 Å². The molecule has 0 bridgehead atoms. The molecule has 3 fully saturated rings. The summed E-state index contributed by atoms with van der Waals surface area (Å²) in [6.07, 6.45) is 9.83. The van der Waals surface area contributed by atoms with E-state index in [4.69, 9.17) is 9.05 Å². The molecule has 1 aliphatic heterocycles. The van der Waals surface area contributed by atoms with Crippen LogP contribution in [0.1, 0.15) is 51.4 Å². The fourth-order valence-electron chi connectivity index (χ4n) is 3.25. The highest BCUT2D eigenvalue weighted by molar-refractivity contribution is 7.53. The summed E-state index contributed by atoms with van der Waals surface area (Å²) in [5, 5.41) is 0. The van der Waals surface area contributed by atoms with E-state index in [-0.39, 0.29) is 11.7 Å². The van der Waals surface area contributed by atoms with Crippen LogP contribution in [0.4, 0.5) is 0 Å². The van der Waals surface area contributed by atoms with Crippen molar-refractivity contribution in [2.24, 2.45) is 5.92 Å². The van der Waals surface area contributed by atoms with Crippen molar-refractivity contribution in [2.75, 3.05) is 6.66 Å². The molecule has 2 atom stereocenters. The molecular weight excluding hydrogens is 223 g/mol. The van der Waals surface area contributed by atoms with Gasteiger partial charge in [-0.15, -0.1) is 0 Å².